The minimum Gasteiger partial charge on any atom is -0.384 e. The van der Waals surface area contributed by atoms with Crippen LogP contribution in [0.4, 0.5) is 11.5 Å². The Morgan fingerprint density at radius 2 is 2.11 bits per heavy atom. The topological polar surface area (TPSA) is 85.2 Å². The summed E-state index contributed by atoms with van der Waals surface area (Å²) in [6.45, 7) is 0.979. The summed E-state index contributed by atoms with van der Waals surface area (Å²) in [6, 6.07) is 2.13. The Bertz CT molecular complexity index is 502. The van der Waals surface area contributed by atoms with Gasteiger partial charge in [0.05, 0.1) is 17.4 Å². The van der Waals surface area contributed by atoms with Crippen molar-refractivity contribution >= 4 is 17.4 Å². The number of piperidine rings is 1. The maximum atomic E-state index is 11.6. The van der Waals surface area contributed by atoms with Crippen molar-refractivity contribution in [1.29, 1.82) is 0 Å². The average Bonchev–Trinajstić information content (AvgIpc) is 2.86. The molecular formula is C14H20N4O. The molecule has 2 fully saturated rings. The van der Waals surface area contributed by atoms with Gasteiger partial charge in [-0.05, 0) is 37.7 Å². The quantitative estimate of drug-likeness (QED) is 0.844. The molecule has 0 bridgehead atoms. The van der Waals surface area contributed by atoms with Crippen LogP contribution in [0.2, 0.25) is 0 Å². The molecule has 1 aliphatic heterocycles. The van der Waals surface area contributed by atoms with Crippen molar-refractivity contribution in [1.82, 2.24) is 4.98 Å². The standard InChI is InChI=1S/C14H20N4O/c15-13-7-10(14(16)19)12(8-17-13)18-6-2-4-9-3-1-5-11(9)18/h7-9,11H,1-6H2,(H2,15,17)(H2,16,19). The third-order valence-corrected chi connectivity index (χ3v) is 4.47. The summed E-state index contributed by atoms with van der Waals surface area (Å²) in [5, 5.41) is 0. The zero-order chi connectivity index (χ0) is 13.4. The van der Waals surface area contributed by atoms with Gasteiger partial charge in [-0.1, -0.05) is 6.42 Å². The highest BCUT2D eigenvalue weighted by Crippen LogP contribution is 2.39. The number of carbonyl (C=O) groups is 1. The molecule has 1 saturated carbocycles. The summed E-state index contributed by atoms with van der Waals surface area (Å²) >= 11 is 0. The first-order chi connectivity index (χ1) is 9.16. The van der Waals surface area contributed by atoms with E-state index in [1.165, 1.54) is 32.1 Å². The van der Waals surface area contributed by atoms with Gasteiger partial charge in [0.25, 0.3) is 5.91 Å². The van der Waals surface area contributed by atoms with Crippen molar-refractivity contribution in [3.8, 4) is 0 Å². The second-order valence-electron chi connectivity index (χ2n) is 5.58. The summed E-state index contributed by atoms with van der Waals surface area (Å²) in [5.41, 5.74) is 12.5. The number of fused-ring (bicyclic) bond motifs is 1. The van der Waals surface area contributed by atoms with Gasteiger partial charge in [0, 0.05) is 12.6 Å². The summed E-state index contributed by atoms with van der Waals surface area (Å²) in [6.07, 6.45) is 7.96. The largest absolute Gasteiger partial charge is 0.384 e. The Labute approximate surface area is 113 Å². The van der Waals surface area contributed by atoms with Crippen LogP contribution < -0.4 is 16.4 Å². The number of hydrogen-bond acceptors (Lipinski definition) is 4. The number of rotatable bonds is 2. The minimum atomic E-state index is -0.427. The molecule has 2 unspecified atom stereocenters. The number of pyridine rings is 1. The van der Waals surface area contributed by atoms with E-state index in [4.69, 9.17) is 11.5 Å². The molecule has 0 spiro atoms. The van der Waals surface area contributed by atoms with Gasteiger partial charge in [0.15, 0.2) is 0 Å². The maximum absolute atomic E-state index is 11.6. The molecule has 2 atom stereocenters. The van der Waals surface area contributed by atoms with Crippen molar-refractivity contribution in [3.05, 3.63) is 17.8 Å². The number of amides is 1. The van der Waals surface area contributed by atoms with Crippen LogP contribution in [0.5, 0.6) is 0 Å². The monoisotopic (exact) mass is 260 g/mol. The van der Waals surface area contributed by atoms with Crippen LogP contribution in [0.1, 0.15) is 42.5 Å². The Morgan fingerprint density at radius 1 is 1.32 bits per heavy atom. The first kappa shape index (κ1) is 12.3. The number of carbonyl (C=O) groups excluding carboxylic acids is 1. The fourth-order valence-electron chi connectivity index (χ4n) is 3.64. The van der Waals surface area contributed by atoms with Gasteiger partial charge in [-0.15, -0.1) is 0 Å². The van der Waals surface area contributed by atoms with Crippen LogP contribution in [-0.2, 0) is 0 Å². The number of anilines is 2. The molecule has 1 amide bonds. The van der Waals surface area contributed by atoms with Crippen molar-refractivity contribution < 1.29 is 4.79 Å². The van der Waals surface area contributed by atoms with Crippen LogP contribution in [0.15, 0.2) is 12.3 Å². The maximum Gasteiger partial charge on any atom is 0.251 e. The van der Waals surface area contributed by atoms with Crippen molar-refractivity contribution in [2.75, 3.05) is 17.2 Å². The lowest BCUT2D eigenvalue weighted by atomic mass is 9.91. The molecular weight excluding hydrogens is 240 g/mol. The van der Waals surface area contributed by atoms with E-state index in [0.717, 1.165) is 18.2 Å². The lowest BCUT2D eigenvalue weighted by Crippen LogP contribution is -2.43. The number of primary amides is 1. The van der Waals surface area contributed by atoms with E-state index < -0.39 is 5.91 Å². The van der Waals surface area contributed by atoms with Gasteiger partial charge < -0.3 is 16.4 Å². The molecule has 0 radical (unpaired) electrons. The molecule has 1 saturated heterocycles. The van der Waals surface area contributed by atoms with E-state index in [0.29, 0.717) is 17.4 Å². The molecule has 1 aromatic heterocycles. The number of hydrogen-bond donors (Lipinski definition) is 2. The molecule has 0 aromatic carbocycles. The van der Waals surface area contributed by atoms with E-state index in [1.54, 1.807) is 12.3 Å². The summed E-state index contributed by atoms with van der Waals surface area (Å²) in [4.78, 5) is 18.1. The molecule has 1 aromatic rings. The van der Waals surface area contributed by atoms with E-state index in [-0.39, 0.29) is 0 Å². The van der Waals surface area contributed by atoms with Gasteiger partial charge in [-0.3, -0.25) is 4.79 Å². The lowest BCUT2D eigenvalue weighted by molar-refractivity contribution is 0.100. The second kappa shape index (κ2) is 4.72. The molecule has 5 nitrogen and oxygen atoms in total. The van der Waals surface area contributed by atoms with E-state index >= 15 is 0 Å². The zero-order valence-corrected chi connectivity index (χ0v) is 11.0. The molecule has 19 heavy (non-hydrogen) atoms. The average molecular weight is 260 g/mol. The highest BCUT2D eigenvalue weighted by atomic mass is 16.1. The zero-order valence-electron chi connectivity index (χ0n) is 11.0. The normalized spacial score (nSPS) is 26.2. The number of nitrogen functional groups attached to an aromatic ring is 1. The van der Waals surface area contributed by atoms with Crippen molar-refractivity contribution in [3.63, 3.8) is 0 Å². The Hall–Kier alpha value is -1.78. The molecule has 3 rings (SSSR count). The summed E-state index contributed by atoms with van der Waals surface area (Å²) in [5.74, 6) is 0.675. The Morgan fingerprint density at radius 3 is 2.89 bits per heavy atom. The predicted molar refractivity (Wildman–Crippen MR) is 74.9 cm³/mol. The van der Waals surface area contributed by atoms with Crippen molar-refractivity contribution in [2.24, 2.45) is 11.7 Å². The second-order valence-corrected chi connectivity index (χ2v) is 5.58. The van der Waals surface area contributed by atoms with Crippen molar-refractivity contribution in [2.45, 2.75) is 38.1 Å². The van der Waals surface area contributed by atoms with E-state index in [2.05, 4.69) is 9.88 Å². The fraction of sp³-hybridized carbons (Fsp3) is 0.571. The van der Waals surface area contributed by atoms with E-state index in [1.807, 2.05) is 0 Å². The lowest BCUT2D eigenvalue weighted by Gasteiger charge is -2.40. The van der Waals surface area contributed by atoms with Gasteiger partial charge in [0.2, 0.25) is 0 Å². The highest BCUT2D eigenvalue weighted by molar-refractivity contribution is 5.99. The van der Waals surface area contributed by atoms with Crippen LogP contribution >= 0.6 is 0 Å². The summed E-state index contributed by atoms with van der Waals surface area (Å²) < 4.78 is 0. The number of nitrogens with zero attached hydrogens (tertiary/aromatic N) is 2. The molecule has 5 heteroatoms. The molecule has 4 N–H and O–H groups in total. The van der Waals surface area contributed by atoms with Crippen LogP contribution in [0.25, 0.3) is 0 Å². The third kappa shape index (κ3) is 2.13. The van der Waals surface area contributed by atoms with Gasteiger partial charge in [0.1, 0.15) is 5.82 Å². The highest BCUT2D eigenvalue weighted by Gasteiger charge is 2.36. The summed E-state index contributed by atoms with van der Waals surface area (Å²) in [7, 11) is 0. The molecule has 102 valence electrons. The molecule has 2 aliphatic rings. The number of aromatic nitrogens is 1. The number of nitrogens with two attached hydrogens (primary N) is 2. The van der Waals surface area contributed by atoms with E-state index in [9.17, 15) is 4.79 Å². The van der Waals surface area contributed by atoms with Crippen LogP contribution in [0.3, 0.4) is 0 Å². The van der Waals surface area contributed by atoms with Gasteiger partial charge in [-0.25, -0.2) is 4.98 Å². The molecule has 1 aliphatic carbocycles. The SMILES string of the molecule is NC(=O)c1cc(N)ncc1N1CCCC2CCCC21. The van der Waals surface area contributed by atoms with Crippen LogP contribution in [-0.4, -0.2) is 23.5 Å². The first-order valence-corrected chi connectivity index (χ1v) is 6.99. The smallest absolute Gasteiger partial charge is 0.251 e. The minimum absolute atomic E-state index is 0.345. The van der Waals surface area contributed by atoms with Gasteiger partial charge in [-0.2, -0.15) is 0 Å². The third-order valence-electron chi connectivity index (χ3n) is 4.47. The Balaban J connectivity index is 1.98. The molecule has 2 heterocycles. The first-order valence-electron chi connectivity index (χ1n) is 6.99. The van der Waals surface area contributed by atoms with Crippen LogP contribution in [0, 0.1) is 5.92 Å². The fourth-order valence-corrected chi connectivity index (χ4v) is 3.64. The Kier molecular flexibility index (Phi) is 3.05. The predicted octanol–water partition coefficient (Wildman–Crippen LogP) is 1.53. The van der Waals surface area contributed by atoms with Gasteiger partial charge >= 0.3 is 0 Å².